The molecular formula is C35H74. The molecule has 0 N–H and O–H groups in total. The zero-order valence-corrected chi connectivity index (χ0v) is 27.1. The van der Waals surface area contributed by atoms with E-state index in [0.717, 1.165) is 41.4 Å². The van der Waals surface area contributed by atoms with Crippen molar-refractivity contribution < 1.29 is 0 Å². The molecule has 0 aromatic rings. The van der Waals surface area contributed by atoms with Gasteiger partial charge >= 0.3 is 0 Å². The van der Waals surface area contributed by atoms with E-state index in [4.69, 9.17) is 0 Å². The molecule has 0 aromatic carbocycles. The summed E-state index contributed by atoms with van der Waals surface area (Å²) < 4.78 is 0. The Hall–Kier alpha value is 0. The molecule has 0 heterocycles. The number of hydrogen-bond donors (Lipinski definition) is 0. The lowest BCUT2D eigenvalue weighted by atomic mass is 9.80. The van der Waals surface area contributed by atoms with Crippen LogP contribution in [0, 0.1) is 41.4 Å². The first-order valence-corrected chi connectivity index (χ1v) is 16.8. The van der Waals surface area contributed by atoms with Gasteiger partial charge in [0.2, 0.25) is 0 Å². The van der Waals surface area contributed by atoms with Crippen molar-refractivity contribution in [1.29, 1.82) is 0 Å². The topological polar surface area (TPSA) is 0 Å². The average molecular weight is 495 g/mol. The highest BCUT2D eigenvalue weighted by atomic mass is 14.2. The molecule has 0 heteroatoms. The summed E-state index contributed by atoms with van der Waals surface area (Å²) in [6.45, 7) is 24.7. The molecule has 0 aromatic heterocycles. The maximum Gasteiger partial charge on any atom is -0.0412 e. The lowest BCUT2D eigenvalue weighted by Gasteiger charge is -2.26. The van der Waals surface area contributed by atoms with Gasteiger partial charge in [-0.2, -0.15) is 0 Å². The van der Waals surface area contributed by atoms with Crippen molar-refractivity contribution in [2.45, 2.75) is 185 Å². The number of rotatable bonds is 12. The molecule has 0 spiro atoms. The summed E-state index contributed by atoms with van der Waals surface area (Å²) in [5.41, 5.74) is 0. The highest BCUT2D eigenvalue weighted by Crippen LogP contribution is 2.33. The second-order valence-electron chi connectivity index (χ2n) is 12.9. The van der Waals surface area contributed by atoms with Gasteiger partial charge in [0.1, 0.15) is 0 Å². The largest absolute Gasteiger partial charge is 0.0683 e. The van der Waals surface area contributed by atoms with E-state index in [1.54, 1.807) is 0 Å². The van der Waals surface area contributed by atoms with Crippen molar-refractivity contribution in [3.63, 3.8) is 0 Å². The standard InChI is InChI=1S/C18H36.C13H26.2C2H6/c1-15(2)7-5-8-16(3)9-6-10-18-13-11-17(4)12-14-18;1-11(2)6-4-8-13-9-5-7-12(3)10-13;2*1-2/h15-18H,5-14H2,1-4H3;11-13H,4-10H2,1-3H3;2*1-2H3. The van der Waals surface area contributed by atoms with Gasteiger partial charge in [-0.3, -0.25) is 0 Å². The average Bonchev–Trinajstić information content (AvgIpc) is 2.83. The zero-order valence-electron chi connectivity index (χ0n) is 27.1. The third-order valence-corrected chi connectivity index (χ3v) is 8.36. The smallest absolute Gasteiger partial charge is 0.0412 e. The summed E-state index contributed by atoms with van der Waals surface area (Å²) in [4.78, 5) is 0. The van der Waals surface area contributed by atoms with Crippen LogP contribution in [0.3, 0.4) is 0 Å². The fourth-order valence-corrected chi connectivity index (χ4v) is 6.03. The summed E-state index contributed by atoms with van der Waals surface area (Å²) in [5, 5.41) is 0. The van der Waals surface area contributed by atoms with Gasteiger partial charge in [-0.1, -0.05) is 179 Å². The van der Waals surface area contributed by atoms with E-state index in [2.05, 4.69) is 48.5 Å². The molecule has 2 aliphatic carbocycles. The predicted octanol–water partition coefficient (Wildman–Crippen LogP) is 13.1. The van der Waals surface area contributed by atoms with Crippen LogP contribution in [-0.4, -0.2) is 0 Å². The molecule has 0 saturated heterocycles. The quantitative estimate of drug-likeness (QED) is 0.253. The highest BCUT2D eigenvalue weighted by Gasteiger charge is 2.19. The minimum atomic E-state index is 0.890. The lowest BCUT2D eigenvalue weighted by molar-refractivity contribution is 0.261. The van der Waals surface area contributed by atoms with E-state index in [0.29, 0.717) is 0 Å². The Morgan fingerprint density at radius 3 is 1.54 bits per heavy atom. The van der Waals surface area contributed by atoms with E-state index in [-0.39, 0.29) is 0 Å². The molecule has 2 saturated carbocycles. The first-order chi connectivity index (χ1) is 16.8. The van der Waals surface area contributed by atoms with E-state index >= 15 is 0 Å². The van der Waals surface area contributed by atoms with Crippen LogP contribution in [0.15, 0.2) is 0 Å². The predicted molar refractivity (Wildman–Crippen MR) is 165 cm³/mol. The van der Waals surface area contributed by atoms with Gasteiger partial charge < -0.3 is 0 Å². The Morgan fingerprint density at radius 1 is 0.514 bits per heavy atom. The van der Waals surface area contributed by atoms with Crippen molar-refractivity contribution in [3.8, 4) is 0 Å². The maximum atomic E-state index is 2.46. The molecule has 0 aliphatic heterocycles. The molecule has 3 atom stereocenters. The molecule has 2 rings (SSSR count). The Morgan fingerprint density at radius 2 is 1.00 bits per heavy atom. The van der Waals surface area contributed by atoms with Crippen molar-refractivity contribution in [2.75, 3.05) is 0 Å². The summed E-state index contributed by atoms with van der Waals surface area (Å²) in [6.07, 6.45) is 25.2. The monoisotopic (exact) mass is 495 g/mol. The normalized spacial score (nSPS) is 24.9. The Labute approximate surface area is 226 Å². The Kier molecular flexibility index (Phi) is 27.2. The second-order valence-corrected chi connectivity index (χ2v) is 12.9. The van der Waals surface area contributed by atoms with Crippen LogP contribution >= 0.6 is 0 Å². The minimum Gasteiger partial charge on any atom is -0.0683 e. The highest BCUT2D eigenvalue weighted by molar-refractivity contribution is 4.71. The third kappa shape index (κ3) is 24.1. The van der Waals surface area contributed by atoms with Crippen LogP contribution in [0.4, 0.5) is 0 Å². The van der Waals surface area contributed by atoms with Gasteiger partial charge in [0.05, 0.1) is 0 Å². The van der Waals surface area contributed by atoms with Crippen LogP contribution in [0.2, 0.25) is 0 Å². The van der Waals surface area contributed by atoms with Gasteiger partial charge in [-0.25, -0.2) is 0 Å². The Bertz CT molecular complexity index is 387. The molecule has 0 radical (unpaired) electrons. The molecule has 2 fully saturated rings. The van der Waals surface area contributed by atoms with Gasteiger partial charge in [-0.05, 0) is 47.8 Å². The van der Waals surface area contributed by atoms with E-state index in [9.17, 15) is 0 Å². The summed E-state index contributed by atoms with van der Waals surface area (Å²) in [6, 6.07) is 0. The first-order valence-electron chi connectivity index (χ1n) is 16.8. The SMILES string of the molecule is CC.CC.CC(C)CCCC(C)CCCC1CCC(C)CC1.CC(C)CCCC1CCCC(C)C1. The maximum absolute atomic E-state index is 2.46. The molecular weight excluding hydrogens is 420 g/mol. The van der Waals surface area contributed by atoms with Crippen molar-refractivity contribution in [2.24, 2.45) is 41.4 Å². The summed E-state index contributed by atoms with van der Waals surface area (Å²) >= 11 is 0. The van der Waals surface area contributed by atoms with Crippen molar-refractivity contribution >= 4 is 0 Å². The summed E-state index contributed by atoms with van der Waals surface area (Å²) in [5.74, 6) is 6.93. The van der Waals surface area contributed by atoms with E-state index in [1.807, 2.05) is 27.7 Å². The van der Waals surface area contributed by atoms with Crippen LogP contribution in [0.1, 0.15) is 185 Å². The lowest BCUT2D eigenvalue weighted by Crippen LogP contribution is -2.13. The van der Waals surface area contributed by atoms with E-state index in [1.165, 1.54) is 109 Å². The van der Waals surface area contributed by atoms with Gasteiger partial charge in [-0.15, -0.1) is 0 Å². The van der Waals surface area contributed by atoms with Crippen LogP contribution < -0.4 is 0 Å². The molecule has 2 aliphatic rings. The van der Waals surface area contributed by atoms with Crippen LogP contribution in [0.25, 0.3) is 0 Å². The van der Waals surface area contributed by atoms with E-state index < -0.39 is 0 Å². The van der Waals surface area contributed by atoms with Gasteiger partial charge in [0.15, 0.2) is 0 Å². The molecule has 3 unspecified atom stereocenters. The minimum absolute atomic E-state index is 0.890. The van der Waals surface area contributed by atoms with Crippen LogP contribution in [0.5, 0.6) is 0 Å². The third-order valence-electron chi connectivity index (χ3n) is 8.36. The summed E-state index contributed by atoms with van der Waals surface area (Å²) in [7, 11) is 0. The second kappa shape index (κ2) is 25.6. The molecule has 0 nitrogen and oxygen atoms in total. The van der Waals surface area contributed by atoms with Crippen molar-refractivity contribution in [1.82, 2.24) is 0 Å². The molecule has 214 valence electrons. The zero-order chi connectivity index (χ0) is 27.1. The van der Waals surface area contributed by atoms with Crippen molar-refractivity contribution in [3.05, 3.63) is 0 Å². The fourth-order valence-electron chi connectivity index (χ4n) is 6.03. The Balaban J connectivity index is 0. The first kappa shape index (κ1) is 37.2. The molecule has 35 heavy (non-hydrogen) atoms. The van der Waals surface area contributed by atoms with Gasteiger partial charge in [0.25, 0.3) is 0 Å². The fraction of sp³-hybridized carbons (Fsp3) is 1.00. The van der Waals surface area contributed by atoms with Crippen LogP contribution in [-0.2, 0) is 0 Å². The van der Waals surface area contributed by atoms with Gasteiger partial charge in [0, 0.05) is 0 Å². The molecule has 0 amide bonds. The number of hydrogen-bond acceptors (Lipinski definition) is 0. The molecule has 0 bridgehead atoms.